The third-order valence-corrected chi connectivity index (χ3v) is 3.48. The minimum absolute atomic E-state index is 0.414. The summed E-state index contributed by atoms with van der Waals surface area (Å²) in [5.74, 6) is -0.847. The molecule has 0 amide bonds. The van der Waals surface area contributed by atoms with Gasteiger partial charge in [-0.05, 0) is 49.9 Å². The largest absolute Gasteiger partial charge is 0.478 e. The van der Waals surface area contributed by atoms with E-state index in [0.717, 1.165) is 35.0 Å². The predicted molar refractivity (Wildman–Crippen MR) is 73.4 cm³/mol. The summed E-state index contributed by atoms with van der Waals surface area (Å²) in [6, 6.07) is 1.78. The van der Waals surface area contributed by atoms with Crippen LogP contribution in [-0.4, -0.2) is 15.6 Å². The molecule has 1 aromatic heterocycles. The predicted octanol–water partition coefficient (Wildman–Crippen LogP) is 3.67. The Labute approximate surface area is 107 Å². The van der Waals surface area contributed by atoms with E-state index in [1.54, 1.807) is 6.07 Å². The first kappa shape index (κ1) is 12.7. The van der Waals surface area contributed by atoms with Gasteiger partial charge in [-0.25, -0.2) is 4.79 Å². The van der Waals surface area contributed by atoms with Gasteiger partial charge in [0, 0.05) is 18.1 Å². The zero-order chi connectivity index (χ0) is 13.4. The molecule has 0 unspecified atom stereocenters. The fourth-order valence-corrected chi connectivity index (χ4v) is 2.76. The molecule has 0 spiro atoms. The number of hydrogen-bond donors (Lipinski definition) is 1. The fraction of sp³-hybridized carbons (Fsp3) is 0.400. The van der Waals surface area contributed by atoms with E-state index < -0.39 is 5.97 Å². The summed E-state index contributed by atoms with van der Waals surface area (Å²) in [6.45, 7) is 9.05. The third kappa shape index (κ3) is 1.80. The van der Waals surface area contributed by atoms with Crippen LogP contribution in [0.15, 0.2) is 12.3 Å². The standard InChI is InChI=1S/C15H19NO2/c1-5-6-16-8-10(3)13-11(4)12(15(17)18)7-9(2)14(13)16/h7-8H,5-6H2,1-4H3,(H,17,18). The summed E-state index contributed by atoms with van der Waals surface area (Å²) in [6.07, 6.45) is 3.20. The number of aromatic nitrogens is 1. The number of benzene rings is 1. The SMILES string of the molecule is CCCn1cc(C)c2c(C)c(C(=O)O)cc(C)c21. The summed E-state index contributed by atoms with van der Waals surface area (Å²) in [4.78, 5) is 11.3. The van der Waals surface area contributed by atoms with Gasteiger partial charge in [0.25, 0.3) is 0 Å². The number of rotatable bonds is 3. The number of fused-ring (bicyclic) bond motifs is 1. The topological polar surface area (TPSA) is 42.2 Å². The van der Waals surface area contributed by atoms with E-state index in [1.807, 2.05) is 20.8 Å². The molecule has 2 aromatic rings. The lowest BCUT2D eigenvalue weighted by molar-refractivity contribution is 0.0696. The lowest BCUT2D eigenvalue weighted by Gasteiger charge is -2.10. The first-order valence-electron chi connectivity index (χ1n) is 6.30. The van der Waals surface area contributed by atoms with Crippen molar-refractivity contribution < 1.29 is 9.90 Å². The Hall–Kier alpha value is -1.77. The summed E-state index contributed by atoms with van der Waals surface area (Å²) in [5.41, 5.74) is 4.65. The number of aromatic carboxylic acids is 1. The van der Waals surface area contributed by atoms with E-state index in [-0.39, 0.29) is 0 Å². The molecule has 3 heteroatoms. The van der Waals surface area contributed by atoms with Gasteiger partial charge in [0.2, 0.25) is 0 Å². The van der Waals surface area contributed by atoms with Gasteiger partial charge in [-0.1, -0.05) is 6.92 Å². The summed E-state index contributed by atoms with van der Waals surface area (Å²) in [7, 11) is 0. The molecule has 3 nitrogen and oxygen atoms in total. The van der Waals surface area contributed by atoms with Crippen LogP contribution >= 0.6 is 0 Å². The average Bonchev–Trinajstić information content (AvgIpc) is 2.61. The summed E-state index contributed by atoms with van der Waals surface area (Å²) < 4.78 is 2.23. The molecule has 0 bridgehead atoms. The van der Waals surface area contributed by atoms with Gasteiger partial charge >= 0.3 is 5.97 Å². The van der Waals surface area contributed by atoms with Crippen molar-refractivity contribution in [3.05, 3.63) is 34.5 Å². The lowest BCUT2D eigenvalue weighted by Crippen LogP contribution is -2.03. The average molecular weight is 245 g/mol. The van der Waals surface area contributed by atoms with Gasteiger partial charge in [0.1, 0.15) is 0 Å². The van der Waals surface area contributed by atoms with Crippen LogP contribution in [0.2, 0.25) is 0 Å². The molecular formula is C15H19NO2. The first-order chi connectivity index (χ1) is 8.47. The van der Waals surface area contributed by atoms with Crippen LogP contribution in [0.1, 0.15) is 40.4 Å². The third-order valence-electron chi connectivity index (χ3n) is 3.48. The van der Waals surface area contributed by atoms with E-state index in [4.69, 9.17) is 0 Å². The Morgan fingerprint density at radius 3 is 2.50 bits per heavy atom. The van der Waals surface area contributed by atoms with Crippen LogP contribution < -0.4 is 0 Å². The molecule has 1 heterocycles. The highest BCUT2D eigenvalue weighted by molar-refractivity contribution is 5.99. The van der Waals surface area contributed by atoms with Gasteiger partial charge in [0.15, 0.2) is 0 Å². The van der Waals surface area contributed by atoms with Gasteiger partial charge < -0.3 is 9.67 Å². The molecule has 0 fully saturated rings. The Morgan fingerprint density at radius 1 is 1.28 bits per heavy atom. The zero-order valence-electron chi connectivity index (χ0n) is 11.4. The maximum Gasteiger partial charge on any atom is 0.335 e. The Bertz CT molecular complexity index is 623. The molecule has 96 valence electrons. The first-order valence-corrected chi connectivity index (χ1v) is 6.30. The molecule has 0 aliphatic heterocycles. The van der Waals surface area contributed by atoms with Crippen LogP contribution in [0.5, 0.6) is 0 Å². The molecule has 0 radical (unpaired) electrons. The van der Waals surface area contributed by atoms with Crippen LogP contribution in [-0.2, 0) is 6.54 Å². The van der Waals surface area contributed by atoms with Crippen molar-refractivity contribution >= 4 is 16.9 Å². The van der Waals surface area contributed by atoms with Gasteiger partial charge in [-0.15, -0.1) is 0 Å². The molecule has 2 rings (SSSR count). The summed E-state index contributed by atoms with van der Waals surface area (Å²) >= 11 is 0. The van der Waals surface area contributed by atoms with E-state index in [0.29, 0.717) is 5.56 Å². The van der Waals surface area contributed by atoms with Crippen molar-refractivity contribution in [3.8, 4) is 0 Å². The monoisotopic (exact) mass is 245 g/mol. The number of hydrogen-bond acceptors (Lipinski definition) is 1. The normalized spacial score (nSPS) is 11.1. The smallest absolute Gasteiger partial charge is 0.335 e. The highest BCUT2D eigenvalue weighted by Gasteiger charge is 2.16. The molecule has 0 saturated carbocycles. The number of carbonyl (C=O) groups is 1. The quantitative estimate of drug-likeness (QED) is 0.896. The van der Waals surface area contributed by atoms with Gasteiger partial charge in [0.05, 0.1) is 11.1 Å². The fourth-order valence-electron chi connectivity index (χ4n) is 2.76. The molecule has 1 aromatic carbocycles. The Morgan fingerprint density at radius 2 is 1.94 bits per heavy atom. The number of carboxylic acid groups (broad SMARTS) is 1. The van der Waals surface area contributed by atoms with Crippen LogP contribution in [0.25, 0.3) is 10.9 Å². The number of nitrogens with zero attached hydrogens (tertiary/aromatic N) is 1. The maximum absolute atomic E-state index is 11.3. The van der Waals surface area contributed by atoms with Crippen molar-refractivity contribution in [1.29, 1.82) is 0 Å². The van der Waals surface area contributed by atoms with E-state index in [1.165, 1.54) is 5.52 Å². The molecule has 0 aliphatic rings. The molecule has 0 aliphatic carbocycles. The Balaban J connectivity index is 2.85. The second-order valence-electron chi connectivity index (χ2n) is 4.90. The maximum atomic E-state index is 11.3. The zero-order valence-corrected chi connectivity index (χ0v) is 11.4. The van der Waals surface area contributed by atoms with Crippen molar-refractivity contribution in [2.45, 2.75) is 40.7 Å². The van der Waals surface area contributed by atoms with Crippen molar-refractivity contribution in [3.63, 3.8) is 0 Å². The minimum Gasteiger partial charge on any atom is -0.478 e. The molecule has 18 heavy (non-hydrogen) atoms. The van der Waals surface area contributed by atoms with E-state index >= 15 is 0 Å². The van der Waals surface area contributed by atoms with E-state index in [9.17, 15) is 9.90 Å². The molecule has 0 saturated heterocycles. The molecular weight excluding hydrogens is 226 g/mol. The van der Waals surface area contributed by atoms with Gasteiger partial charge in [-0.2, -0.15) is 0 Å². The lowest BCUT2D eigenvalue weighted by atomic mass is 9.98. The summed E-state index contributed by atoms with van der Waals surface area (Å²) in [5, 5.41) is 10.3. The second-order valence-corrected chi connectivity index (χ2v) is 4.90. The highest BCUT2D eigenvalue weighted by atomic mass is 16.4. The van der Waals surface area contributed by atoms with Crippen molar-refractivity contribution in [2.24, 2.45) is 0 Å². The second kappa shape index (κ2) is 4.48. The number of aryl methyl sites for hydroxylation is 4. The molecule has 0 atom stereocenters. The van der Waals surface area contributed by atoms with Crippen LogP contribution in [0, 0.1) is 20.8 Å². The van der Waals surface area contributed by atoms with E-state index in [2.05, 4.69) is 17.7 Å². The highest BCUT2D eigenvalue weighted by Crippen LogP contribution is 2.30. The van der Waals surface area contributed by atoms with Crippen molar-refractivity contribution in [1.82, 2.24) is 4.57 Å². The number of carboxylic acids is 1. The van der Waals surface area contributed by atoms with Crippen molar-refractivity contribution in [2.75, 3.05) is 0 Å². The minimum atomic E-state index is -0.847. The molecule has 1 N–H and O–H groups in total. The van der Waals surface area contributed by atoms with Gasteiger partial charge in [-0.3, -0.25) is 0 Å². The van der Waals surface area contributed by atoms with Crippen LogP contribution in [0.4, 0.5) is 0 Å². The Kier molecular flexibility index (Phi) is 3.16. The van der Waals surface area contributed by atoms with Crippen LogP contribution in [0.3, 0.4) is 0 Å².